The zero-order valence-electron chi connectivity index (χ0n) is 18.0. The van der Waals surface area contributed by atoms with Gasteiger partial charge in [-0.15, -0.1) is 11.3 Å². The summed E-state index contributed by atoms with van der Waals surface area (Å²) >= 11 is 1.70. The number of nitrogens with zero attached hydrogens (tertiary/aromatic N) is 1. The number of nitrogens with one attached hydrogen (secondary N) is 2. The highest BCUT2D eigenvalue weighted by Crippen LogP contribution is 2.34. The molecule has 1 aliphatic rings. The van der Waals surface area contributed by atoms with Gasteiger partial charge in [-0.3, -0.25) is 9.59 Å². The number of thiophene rings is 1. The van der Waals surface area contributed by atoms with Gasteiger partial charge < -0.3 is 20.3 Å². The lowest BCUT2D eigenvalue weighted by atomic mass is 10.2. The molecule has 1 saturated heterocycles. The Labute approximate surface area is 192 Å². The average molecular weight is 450 g/mol. The van der Waals surface area contributed by atoms with Gasteiger partial charge in [0.25, 0.3) is 5.91 Å². The third-order valence-electron chi connectivity index (χ3n) is 5.46. The Kier molecular flexibility index (Phi) is 7.07. The van der Waals surface area contributed by atoms with Crippen molar-refractivity contribution in [3.8, 4) is 5.75 Å². The van der Waals surface area contributed by atoms with E-state index in [0.29, 0.717) is 17.9 Å². The number of anilines is 2. The van der Waals surface area contributed by atoms with E-state index in [1.807, 2.05) is 54.3 Å². The second kappa shape index (κ2) is 10.3. The van der Waals surface area contributed by atoms with Crippen molar-refractivity contribution >= 4 is 34.5 Å². The summed E-state index contributed by atoms with van der Waals surface area (Å²) in [5, 5.41) is 8.12. The minimum Gasteiger partial charge on any atom is -0.494 e. The van der Waals surface area contributed by atoms with Crippen molar-refractivity contribution in [3.63, 3.8) is 0 Å². The first-order chi connectivity index (χ1) is 15.6. The molecular formula is C25H27N3O3S. The summed E-state index contributed by atoms with van der Waals surface area (Å²) in [7, 11) is 0. The molecule has 0 saturated carbocycles. The topological polar surface area (TPSA) is 70.7 Å². The van der Waals surface area contributed by atoms with Gasteiger partial charge in [-0.2, -0.15) is 0 Å². The predicted molar refractivity (Wildman–Crippen MR) is 129 cm³/mol. The number of carbonyl (C=O) groups is 2. The molecule has 1 aliphatic heterocycles. The van der Waals surface area contributed by atoms with Crippen LogP contribution >= 0.6 is 11.3 Å². The van der Waals surface area contributed by atoms with E-state index < -0.39 is 0 Å². The molecule has 2 amide bonds. The predicted octanol–water partition coefficient (Wildman–Crippen LogP) is 5.17. The van der Waals surface area contributed by atoms with Gasteiger partial charge in [-0.05, 0) is 79.7 Å². The highest BCUT2D eigenvalue weighted by atomic mass is 32.1. The van der Waals surface area contributed by atoms with Crippen molar-refractivity contribution in [1.82, 2.24) is 4.90 Å². The lowest BCUT2D eigenvalue weighted by Gasteiger charge is -2.24. The van der Waals surface area contributed by atoms with E-state index in [1.165, 1.54) is 4.88 Å². The van der Waals surface area contributed by atoms with Crippen molar-refractivity contribution in [2.24, 2.45) is 0 Å². The van der Waals surface area contributed by atoms with Crippen LogP contribution < -0.4 is 15.4 Å². The van der Waals surface area contributed by atoms with Gasteiger partial charge in [0.1, 0.15) is 5.75 Å². The van der Waals surface area contributed by atoms with Crippen LogP contribution in [0.2, 0.25) is 0 Å². The van der Waals surface area contributed by atoms with E-state index >= 15 is 0 Å². The largest absolute Gasteiger partial charge is 0.494 e. The van der Waals surface area contributed by atoms with E-state index in [1.54, 1.807) is 23.5 Å². The molecule has 6 nitrogen and oxygen atoms in total. The number of likely N-dealkylation sites (tertiary alicyclic amines) is 1. The zero-order valence-corrected chi connectivity index (χ0v) is 18.9. The van der Waals surface area contributed by atoms with Gasteiger partial charge in [0.05, 0.1) is 19.2 Å². The highest BCUT2D eigenvalue weighted by molar-refractivity contribution is 7.10. The third-order valence-corrected chi connectivity index (χ3v) is 6.43. The van der Waals surface area contributed by atoms with Crippen molar-refractivity contribution in [1.29, 1.82) is 0 Å². The van der Waals surface area contributed by atoms with E-state index in [0.717, 1.165) is 30.8 Å². The van der Waals surface area contributed by atoms with Gasteiger partial charge in [0, 0.05) is 28.4 Å². The molecule has 3 aromatic rings. The smallest absolute Gasteiger partial charge is 0.255 e. The summed E-state index contributed by atoms with van der Waals surface area (Å²) < 4.78 is 5.41. The first kappa shape index (κ1) is 21.9. The fraction of sp³-hybridized carbons (Fsp3) is 0.280. The van der Waals surface area contributed by atoms with Crippen LogP contribution in [0.1, 0.15) is 41.0 Å². The van der Waals surface area contributed by atoms with Crippen LogP contribution in [0.4, 0.5) is 11.4 Å². The average Bonchev–Trinajstić information content (AvgIpc) is 3.51. The van der Waals surface area contributed by atoms with Crippen LogP contribution in [0.3, 0.4) is 0 Å². The van der Waals surface area contributed by atoms with E-state index in [9.17, 15) is 9.59 Å². The molecule has 1 unspecified atom stereocenters. The summed E-state index contributed by atoms with van der Waals surface area (Å²) in [6.07, 6.45) is 2.05. The van der Waals surface area contributed by atoms with Crippen molar-refractivity contribution in [2.45, 2.75) is 25.8 Å². The SMILES string of the molecule is CCOc1ccc(NC(=O)c2ccc(NCC(=O)N3CCCC3c3cccs3)cc2)cc1. The Morgan fingerprint density at radius 2 is 1.81 bits per heavy atom. The van der Waals surface area contributed by atoms with Crippen LogP contribution in [-0.4, -0.2) is 36.4 Å². The summed E-state index contributed by atoms with van der Waals surface area (Å²) in [5.41, 5.74) is 2.06. The Hall–Kier alpha value is -3.32. The zero-order chi connectivity index (χ0) is 22.3. The fourth-order valence-electron chi connectivity index (χ4n) is 3.86. The van der Waals surface area contributed by atoms with Crippen LogP contribution in [0.5, 0.6) is 5.75 Å². The minimum absolute atomic E-state index is 0.0956. The first-order valence-electron chi connectivity index (χ1n) is 10.8. The molecule has 4 rings (SSSR count). The van der Waals surface area contributed by atoms with Crippen LogP contribution in [0, 0.1) is 0 Å². The second-order valence-electron chi connectivity index (χ2n) is 7.60. The molecule has 1 fully saturated rings. The summed E-state index contributed by atoms with van der Waals surface area (Å²) in [6.45, 7) is 3.57. The van der Waals surface area contributed by atoms with E-state index in [4.69, 9.17) is 4.74 Å². The normalized spacial score (nSPS) is 15.4. The molecule has 2 N–H and O–H groups in total. The number of amides is 2. The summed E-state index contributed by atoms with van der Waals surface area (Å²) in [5.74, 6) is 0.678. The molecule has 7 heteroatoms. The molecule has 0 aliphatic carbocycles. The molecule has 32 heavy (non-hydrogen) atoms. The molecule has 0 spiro atoms. The third kappa shape index (κ3) is 5.29. The van der Waals surface area contributed by atoms with Gasteiger partial charge in [0.2, 0.25) is 5.91 Å². The van der Waals surface area contributed by atoms with Gasteiger partial charge in [-0.1, -0.05) is 6.07 Å². The molecule has 1 atom stereocenters. The maximum Gasteiger partial charge on any atom is 0.255 e. The Morgan fingerprint density at radius 3 is 2.50 bits per heavy atom. The van der Waals surface area contributed by atoms with Crippen molar-refractivity contribution < 1.29 is 14.3 Å². The minimum atomic E-state index is -0.187. The number of hydrogen-bond donors (Lipinski definition) is 2. The number of carbonyl (C=O) groups excluding carboxylic acids is 2. The summed E-state index contributed by atoms with van der Waals surface area (Å²) in [6, 6.07) is 18.7. The molecule has 2 aromatic carbocycles. The maximum atomic E-state index is 12.8. The highest BCUT2D eigenvalue weighted by Gasteiger charge is 2.30. The molecule has 166 valence electrons. The maximum absolute atomic E-state index is 12.8. The molecule has 2 heterocycles. The monoisotopic (exact) mass is 449 g/mol. The van der Waals surface area contributed by atoms with E-state index in [-0.39, 0.29) is 24.4 Å². The Morgan fingerprint density at radius 1 is 1.06 bits per heavy atom. The second-order valence-corrected chi connectivity index (χ2v) is 8.58. The first-order valence-corrected chi connectivity index (χ1v) is 11.7. The number of hydrogen-bond acceptors (Lipinski definition) is 5. The quantitative estimate of drug-likeness (QED) is 0.497. The lowest BCUT2D eigenvalue weighted by molar-refractivity contribution is -0.130. The molecule has 0 radical (unpaired) electrons. The number of ether oxygens (including phenoxy) is 1. The van der Waals surface area contributed by atoms with Crippen molar-refractivity contribution in [3.05, 3.63) is 76.5 Å². The fourth-order valence-corrected chi connectivity index (χ4v) is 4.74. The molecule has 0 bridgehead atoms. The van der Waals surface area contributed by atoms with Crippen LogP contribution in [0.15, 0.2) is 66.0 Å². The van der Waals surface area contributed by atoms with Gasteiger partial charge in [-0.25, -0.2) is 0 Å². The van der Waals surface area contributed by atoms with Crippen molar-refractivity contribution in [2.75, 3.05) is 30.3 Å². The molecular weight excluding hydrogens is 422 g/mol. The Bertz CT molecular complexity index is 1030. The number of rotatable bonds is 8. The van der Waals surface area contributed by atoms with Crippen LogP contribution in [-0.2, 0) is 4.79 Å². The van der Waals surface area contributed by atoms with Gasteiger partial charge >= 0.3 is 0 Å². The molecule has 1 aromatic heterocycles. The van der Waals surface area contributed by atoms with E-state index in [2.05, 4.69) is 22.1 Å². The lowest BCUT2D eigenvalue weighted by Crippen LogP contribution is -2.34. The number of benzene rings is 2. The standard InChI is InChI=1S/C25H27N3O3S/c1-2-31-21-13-11-20(12-14-21)27-25(30)18-7-9-19(10-8-18)26-17-24(29)28-15-3-5-22(28)23-6-4-16-32-23/h4,6-14,16,22,26H,2-3,5,15,17H2,1H3,(H,27,30). The van der Waals surface area contributed by atoms with Gasteiger partial charge in [0.15, 0.2) is 0 Å². The Balaban J connectivity index is 1.29. The summed E-state index contributed by atoms with van der Waals surface area (Å²) in [4.78, 5) is 28.5. The van der Waals surface area contributed by atoms with Crippen LogP contribution in [0.25, 0.3) is 0 Å².